The van der Waals surface area contributed by atoms with E-state index in [1.807, 2.05) is 0 Å². The van der Waals surface area contributed by atoms with Gasteiger partial charge >= 0.3 is 17.9 Å². The zero-order chi connectivity index (χ0) is 32.5. The Labute approximate surface area is 265 Å². The molecule has 0 spiro atoms. The van der Waals surface area contributed by atoms with Crippen LogP contribution in [-0.2, 0) is 28.7 Å². The second-order valence-corrected chi connectivity index (χ2v) is 10.8. The molecule has 0 fully saturated rings. The number of nitrogens with zero attached hydrogens (tertiary/aromatic N) is 2. The maximum Gasteiger partial charge on any atom is 0.349 e. The highest BCUT2D eigenvalue weighted by atomic mass is 16.6. The summed E-state index contributed by atoms with van der Waals surface area (Å²) in [6.45, 7) is 1.71. The molecule has 0 bridgehead atoms. The van der Waals surface area contributed by atoms with Crippen LogP contribution in [0.1, 0.15) is 114 Å². The van der Waals surface area contributed by atoms with Crippen molar-refractivity contribution < 1.29 is 38.2 Å². The van der Waals surface area contributed by atoms with E-state index in [4.69, 9.17) is 14.2 Å². The monoisotopic (exact) mass is 620 g/mol. The van der Waals surface area contributed by atoms with Gasteiger partial charge in [-0.1, -0.05) is 64.7 Å². The Morgan fingerprint density at radius 3 is 1.73 bits per heavy atom. The summed E-state index contributed by atoms with van der Waals surface area (Å²) in [5.41, 5.74) is 1.28. The third-order valence-corrected chi connectivity index (χ3v) is 7.18. The van der Waals surface area contributed by atoms with Crippen molar-refractivity contribution in [2.45, 2.75) is 109 Å². The van der Waals surface area contributed by atoms with Gasteiger partial charge in [-0.25, -0.2) is 19.2 Å². The lowest BCUT2D eigenvalue weighted by atomic mass is 10.0. The predicted molar refractivity (Wildman–Crippen MR) is 169 cm³/mol. The van der Waals surface area contributed by atoms with Crippen LogP contribution in [0.15, 0.2) is 58.5 Å². The molecule has 2 aromatic rings. The van der Waals surface area contributed by atoms with Crippen LogP contribution in [0, 0.1) is 0 Å². The van der Waals surface area contributed by atoms with Crippen molar-refractivity contribution in [1.82, 2.24) is 0 Å². The van der Waals surface area contributed by atoms with E-state index in [9.17, 15) is 24.0 Å². The Morgan fingerprint density at radius 1 is 0.667 bits per heavy atom. The highest BCUT2D eigenvalue weighted by Crippen LogP contribution is 2.20. The van der Waals surface area contributed by atoms with Crippen LogP contribution >= 0.6 is 0 Å². The lowest BCUT2D eigenvalue weighted by Crippen LogP contribution is -2.18. The first-order chi connectivity index (χ1) is 21.9. The number of carbonyl (C=O) groups excluding carboxylic acids is 5. The maximum absolute atomic E-state index is 12.7. The fourth-order valence-electron chi connectivity index (χ4n) is 4.72. The van der Waals surface area contributed by atoms with Crippen molar-refractivity contribution >= 4 is 41.4 Å². The Kier molecular flexibility index (Phi) is 18.9. The number of aliphatic imine (C=N–C) groups is 2. The first-order valence-corrected chi connectivity index (χ1v) is 15.9. The van der Waals surface area contributed by atoms with Crippen molar-refractivity contribution in [1.29, 1.82) is 0 Å². The van der Waals surface area contributed by atoms with Gasteiger partial charge < -0.3 is 14.2 Å². The second kappa shape index (κ2) is 23.1. The smallest absolute Gasteiger partial charge is 0.349 e. The summed E-state index contributed by atoms with van der Waals surface area (Å²) < 4.78 is 15.9. The van der Waals surface area contributed by atoms with E-state index in [-0.39, 0.29) is 24.2 Å². The Morgan fingerprint density at radius 2 is 1.18 bits per heavy atom. The zero-order valence-corrected chi connectivity index (χ0v) is 26.2. The highest BCUT2D eigenvalue weighted by molar-refractivity contribution is 5.89. The van der Waals surface area contributed by atoms with E-state index in [0.717, 1.165) is 77.0 Å². The molecule has 0 aliphatic carbocycles. The molecule has 0 unspecified atom stereocenters. The minimum atomic E-state index is -0.687. The summed E-state index contributed by atoms with van der Waals surface area (Å²) in [4.78, 5) is 64.2. The molecule has 0 radical (unpaired) electrons. The van der Waals surface area contributed by atoms with Gasteiger partial charge in [-0.2, -0.15) is 9.98 Å². The van der Waals surface area contributed by atoms with E-state index in [1.54, 1.807) is 24.3 Å². The summed E-state index contributed by atoms with van der Waals surface area (Å²) in [6.07, 6.45) is 17.2. The molecule has 0 aliphatic heterocycles. The van der Waals surface area contributed by atoms with E-state index >= 15 is 0 Å². The SMILES string of the molecule is CCCCCC[C@H](CCCCCCCCCCC(=O)OCC(=O)Oc1ccc(N=C=O)cc1)OC(=O)c1ccc(N=C=O)cc1. The number of benzene rings is 2. The zero-order valence-electron chi connectivity index (χ0n) is 26.2. The number of unbranched alkanes of at least 4 members (excludes halogenated alkanes) is 10. The molecule has 1 atom stereocenters. The molecule has 2 rings (SSSR count). The number of isocyanates is 2. The standard InChI is InChI=1S/C35H44N2O8/c1-2-3-4-11-14-31(45-35(42)28-17-19-29(20-18-28)36-26-38)15-12-9-7-5-6-8-10-13-16-33(40)43-25-34(41)44-32-23-21-30(22-24-32)37-27-39/h17-24,31H,2-16,25H2,1H3/t31-/m1/s1. The van der Waals surface area contributed by atoms with E-state index in [1.165, 1.54) is 42.8 Å². The van der Waals surface area contributed by atoms with Crippen LogP contribution in [0.3, 0.4) is 0 Å². The van der Waals surface area contributed by atoms with Gasteiger partial charge in [0, 0.05) is 6.42 Å². The van der Waals surface area contributed by atoms with E-state index < -0.39 is 18.5 Å². The quantitative estimate of drug-likeness (QED) is 0.0399. The third kappa shape index (κ3) is 16.9. The molecule has 0 saturated heterocycles. The fraction of sp³-hybridized carbons (Fsp3) is 0.514. The van der Waals surface area contributed by atoms with Gasteiger partial charge in [0.25, 0.3) is 0 Å². The molecular formula is C35H44N2O8. The number of hydrogen-bond acceptors (Lipinski definition) is 10. The molecule has 0 saturated carbocycles. The van der Waals surface area contributed by atoms with Gasteiger partial charge in [0.15, 0.2) is 6.61 Å². The third-order valence-electron chi connectivity index (χ3n) is 7.18. The highest BCUT2D eigenvalue weighted by Gasteiger charge is 2.16. The minimum absolute atomic E-state index is 0.111. The van der Waals surface area contributed by atoms with Crippen molar-refractivity contribution in [3.8, 4) is 5.75 Å². The Hall–Kier alpha value is -4.39. The average Bonchev–Trinajstić information content (AvgIpc) is 3.04. The summed E-state index contributed by atoms with van der Waals surface area (Å²) in [5.74, 6) is -1.21. The van der Waals surface area contributed by atoms with Crippen molar-refractivity contribution in [2.75, 3.05) is 6.61 Å². The summed E-state index contributed by atoms with van der Waals surface area (Å²) in [6, 6.07) is 12.4. The number of carbonyl (C=O) groups is 3. The molecule has 10 nitrogen and oxygen atoms in total. The van der Waals surface area contributed by atoms with Gasteiger partial charge in [0.1, 0.15) is 11.9 Å². The van der Waals surface area contributed by atoms with Gasteiger partial charge in [-0.3, -0.25) is 4.79 Å². The molecule has 0 N–H and O–H groups in total. The summed E-state index contributed by atoms with van der Waals surface area (Å²) in [7, 11) is 0. The minimum Gasteiger partial charge on any atom is -0.459 e. The van der Waals surface area contributed by atoms with E-state index in [2.05, 4.69) is 16.9 Å². The van der Waals surface area contributed by atoms with Gasteiger partial charge in [0.2, 0.25) is 12.2 Å². The molecule has 10 heteroatoms. The predicted octanol–water partition coefficient (Wildman–Crippen LogP) is 8.17. The normalized spacial score (nSPS) is 11.0. The van der Waals surface area contributed by atoms with Crippen molar-refractivity contribution in [3.63, 3.8) is 0 Å². The Bertz CT molecular complexity index is 1260. The summed E-state index contributed by atoms with van der Waals surface area (Å²) >= 11 is 0. The van der Waals surface area contributed by atoms with Crippen molar-refractivity contribution in [3.05, 3.63) is 54.1 Å². The number of esters is 3. The maximum atomic E-state index is 12.7. The number of hydrogen-bond donors (Lipinski definition) is 0. The molecule has 0 aliphatic rings. The van der Waals surface area contributed by atoms with E-state index in [0.29, 0.717) is 23.4 Å². The van der Waals surface area contributed by atoms with Crippen LogP contribution < -0.4 is 4.74 Å². The molecule has 0 heterocycles. The van der Waals surface area contributed by atoms with Gasteiger partial charge in [-0.05, 0) is 80.6 Å². The van der Waals surface area contributed by atoms with Crippen LogP contribution in [-0.4, -0.2) is 42.8 Å². The molecule has 0 aromatic heterocycles. The summed E-state index contributed by atoms with van der Waals surface area (Å²) in [5, 5.41) is 0. The number of ether oxygens (including phenoxy) is 3. The molecule has 242 valence electrons. The largest absolute Gasteiger partial charge is 0.459 e. The topological polar surface area (TPSA) is 138 Å². The first kappa shape index (κ1) is 36.8. The molecule has 45 heavy (non-hydrogen) atoms. The van der Waals surface area contributed by atoms with Gasteiger partial charge in [-0.15, -0.1) is 0 Å². The van der Waals surface area contributed by atoms with Crippen LogP contribution in [0.4, 0.5) is 11.4 Å². The van der Waals surface area contributed by atoms with Crippen LogP contribution in [0.5, 0.6) is 5.75 Å². The molecule has 0 amide bonds. The Balaban J connectivity index is 1.54. The van der Waals surface area contributed by atoms with Crippen molar-refractivity contribution in [2.24, 2.45) is 9.98 Å². The molecular weight excluding hydrogens is 576 g/mol. The lowest BCUT2D eigenvalue weighted by molar-refractivity contribution is -0.153. The fourth-order valence-corrected chi connectivity index (χ4v) is 4.72. The molecule has 2 aromatic carbocycles. The van der Waals surface area contributed by atoms with Gasteiger partial charge in [0.05, 0.1) is 16.9 Å². The average molecular weight is 621 g/mol. The lowest BCUT2D eigenvalue weighted by Gasteiger charge is -2.18. The van der Waals surface area contributed by atoms with Crippen LogP contribution in [0.25, 0.3) is 0 Å². The second-order valence-electron chi connectivity index (χ2n) is 10.8. The number of rotatable bonds is 23. The first-order valence-electron chi connectivity index (χ1n) is 15.9. The van der Waals surface area contributed by atoms with Crippen LogP contribution in [0.2, 0.25) is 0 Å².